The van der Waals surface area contributed by atoms with Crippen LogP contribution in [0.2, 0.25) is 0 Å². The normalized spacial score (nSPS) is 13.6. The van der Waals surface area contributed by atoms with E-state index in [1.807, 2.05) is 31.4 Å². The van der Waals surface area contributed by atoms with E-state index in [0.717, 1.165) is 6.42 Å². The Balaban J connectivity index is 2.54. The molecule has 0 spiro atoms. The molecule has 0 bridgehead atoms. The molecule has 0 fully saturated rings. The summed E-state index contributed by atoms with van der Waals surface area (Å²) in [6.45, 7) is 3.85. The maximum Gasteiger partial charge on any atom is 0.326 e. The van der Waals surface area contributed by atoms with Gasteiger partial charge in [0.25, 0.3) is 0 Å². The molecule has 20 heavy (non-hydrogen) atoms. The number of aliphatic carboxylic acids is 1. The van der Waals surface area contributed by atoms with Gasteiger partial charge in [-0.2, -0.15) is 0 Å². The number of nitrogens with one attached hydrogen (secondary N) is 1. The minimum Gasteiger partial charge on any atom is -0.480 e. The molecular weight excluding hydrogens is 276 g/mol. The summed E-state index contributed by atoms with van der Waals surface area (Å²) in [6, 6.07) is 2.88. The Morgan fingerprint density at radius 3 is 2.70 bits per heavy atom. The molecule has 1 unspecified atom stereocenters. The lowest BCUT2D eigenvalue weighted by Crippen LogP contribution is -2.49. The van der Waals surface area contributed by atoms with Crippen LogP contribution in [-0.2, 0) is 11.2 Å². The number of carboxylic acids is 1. The van der Waals surface area contributed by atoms with Gasteiger partial charge in [0.1, 0.15) is 6.04 Å². The van der Waals surface area contributed by atoms with Crippen LogP contribution < -0.4 is 5.32 Å². The van der Waals surface area contributed by atoms with Gasteiger partial charge in [-0.05, 0) is 24.8 Å². The summed E-state index contributed by atoms with van der Waals surface area (Å²) in [7, 11) is 1.69. The van der Waals surface area contributed by atoms with E-state index in [4.69, 9.17) is 5.11 Å². The van der Waals surface area contributed by atoms with Crippen LogP contribution in [0, 0.1) is 0 Å². The van der Waals surface area contributed by atoms with E-state index in [0.29, 0.717) is 12.8 Å². The lowest BCUT2D eigenvalue weighted by atomic mass is 10.1. The molecule has 0 aromatic carbocycles. The van der Waals surface area contributed by atoms with E-state index in [1.165, 1.54) is 4.88 Å². The van der Waals surface area contributed by atoms with Crippen molar-refractivity contribution in [3.63, 3.8) is 0 Å². The van der Waals surface area contributed by atoms with Crippen molar-refractivity contribution >= 4 is 23.3 Å². The average Bonchev–Trinajstić information content (AvgIpc) is 2.89. The first-order valence-corrected chi connectivity index (χ1v) is 7.62. The third kappa shape index (κ3) is 4.85. The highest BCUT2D eigenvalue weighted by Crippen LogP contribution is 2.13. The van der Waals surface area contributed by atoms with Crippen LogP contribution in [0.5, 0.6) is 0 Å². The van der Waals surface area contributed by atoms with Gasteiger partial charge in [0.05, 0.1) is 0 Å². The van der Waals surface area contributed by atoms with Crippen LogP contribution >= 0.6 is 11.3 Å². The first-order chi connectivity index (χ1) is 9.45. The number of thiophene rings is 1. The molecule has 0 aliphatic rings. The number of carbonyl (C=O) groups is 2. The molecule has 0 aliphatic heterocycles. The molecule has 2 N–H and O–H groups in total. The van der Waals surface area contributed by atoms with Gasteiger partial charge in [-0.3, -0.25) is 0 Å². The molecule has 1 rings (SSSR count). The van der Waals surface area contributed by atoms with Crippen molar-refractivity contribution in [3.8, 4) is 0 Å². The zero-order valence-electron chi connectivity index (χ0n) is 12.1. The number of hydrogen-bond acceptors (Lipinski definition) is 3. The molecule has 1 aromatic rings. The van der Waals surface area contributed by atoms with Crippen LogP contribution in [0.1, 0.15) is 31.6 Å². The third-order valence-corrected chi connectivity index (χ3v) is 4.13. The zero-order valence-corrected chi connectivity index (χ0v) is 12.9. The molecule has 0 saturated carbocycles. The SMILES string of the molecule is CCC[C@@H](NC(=O)N(C)C(C)Cc1cccs1)C(=O)O. The number of nitrogens with zero attached hydrogens (tertiary/aromatic N) is 1. The molecule has 0 saturated heterocycles. The lowest BCUT2D eigenvalue weighted by Gasteiger charge is -2.26. The number of carboxylic acid groups (broad SMARTS) is 1. The van der Waals surface area contributed by atoms with Gasteiger partial charge in [0.2, 0.25) is 0 Å². The molecule has 112 valence electrons. The summed E-state index contributed by atoms with van der Waals surface area (Å²) in [5.74, 6) is -0.987. The van der Waals surface area contributed by atoms with E-state index in [1.54, 1.807) is 23.3 Å². The first-order valence-electron chi connectivity index (χ1n) is 6.74. The van der Waals surface area contributed by atoms with Crippen molar-refractivity contribution in [3.05, 3.63) is 22.4 Å². The highest BCUT2D eigenvalue weighted by Gasteiger charge is 2.23. The van der Waals surface area contributed by atoms with Crippen molar-refractivity contribution < 1.29 is 14.7 Å². The lowest BCUT2D eigenvalue weighted by molar-refractivity contribution is -0.139. The van der Waals surface area contributed by atoms with Crippen molar-refractivity contribution in [2.24, 2.45) is 0 Å². The van der Waals surface area contributed by atoms with Crippen LogP contribution in [0.15, 0.2) is 17.5 Å². The van der Waals surface area contributed by atoms with Crippen molar-refractivity contribution in [2.45, 2.75) is 45.2 Å². The quantitative estimate of drug-likeness (QED) is 0.813. The molecule has 0 radical (unpaired) electrons. The third-order valence-electron chi connectivity index (χ3n) is 3.23. The van der Waals surface area contributed by atoms with Gasteiger partial charge in [-0.25, -0.2) is 9.59 Å². The Bertz CT molecular complexity index is 434. The Hall–Kier alpha value is -1.56. The second-order valence-corrected chi connectivity index (χ2v) is 5.90. The van der Waals surface area contributed by atoms with E-state index in [9.17, 15) is 9.59 Å². The Morgan fingerprint density at radius 1 is 1.50 bits per heavy atom. The smallest absolute Gasteiger partial charge is 0.326 e. The van der Waals surface area contributed by atoms with Crippen LogP contribution in [0.4, 0.5) is 4.79 Å². The fourth-order valence-corrected chi connectivity index (χ4v) is 2.68. The topological polar surface area (TPSA) is 69.6 Å². The molecule has 0 aliphatic carbocycles. The summed E-state index contributed by atoms with van der Waals surface area (Å²) in [6.07, 6.45) is 1.92. The van der Waals surface area contributed by atoms with Gasteiger partial charge in [0, 0.05) is 24.4 Å². The van der Waals surface area contributed by atoms with Crippen molar-refractivity contribution in [1.82, 2.24) is 10.2 Å². The predicted molar refractivity (Wildman–Crippen MR) is 80.1 cm³/mol. The first kappa shape index (κ1) is 16.5. The fourth-order valence-electron chi connectivity index (χ4n) is 1.85. The Morgan fingerprint density at radius 2 is 2.20 bits per heavy atom. The standard InChI is InChI=1S/C14H22N2O3S/c1-4-6-12(13(17)18)15-14(19)16(3)10(2)9-11-7-5-8-20-11/h5,7-8,10,12H,4,6,9H2,1-3H3,(H,15,19)(H,17,18)/t10?,12-/m1/s1. The van der Waals surface area contributed by atoms with Gasteiger partial charge in [-0.15, -0.1) is 11.3 Å². The molecule has 1 aromatic heterocycles. The van der Waals surface area contributed by atoms with E-state index >= 15 is 0 Å². The second-order valence-electron chi connectivity index (χ2n) is 4.87. The van der Waals surface area contributed by atoms with Gasteiger partial charge in [-0.1, -0.05) is 19.4 Å². The minimum absolute atomic E-state index is 0.0183. The predicted octanol–water partition coefficient (Wildman–Crippen LogP) is 2.57. The minimum atomic E-state index is -0.987. The zero-order chi connectivity index (χ0) is 15.1. The second kappa shape index (κ2) is 7.89. The number of amides is 2. The van der Waals surface area contributed by atoms with E-state index in [2.05, 4.69) is 5.32 Å². The van der Waals surface area contributed by atoms with Gasteiger partial charge in [0.15, 0.2) is 0 Å². The number of hydrogen-bond donors (Lipinski definition) is 2. The number of rotatable bonds is 7. The Labute approximate surface area is 123 Å². The van der Waals surface area contributed by atoms with Crippen LogP contribution in [0.3, 0.4) is 0 Å². The van der Waals surface area contributed by atoms with Crippen LogP contribution in [-0.4, -0.2) is 41.1 Å². The molecule has 1 heterocycles. The van der Waals surface area contributed by atoms with E-state index in [-0.39, 0.29) is 12.1 Å². The summed E-state index contributed by atoms with van der Waals surface area (Å²) in [5, 5.41) is 13.6. The van der Waals surface area contributed by atoms with E-state index < -0.39 is 12.0 Å². The highest BCUT2D eigenvalue weighted by molar-refractivity contribution is 7.09. The summed E-state index contributed by atoms with van der Waals surface area (Å²) < 4.78 is 0. The summed E-state index contributed by atoms with van der Waals surface area (Å²) >= 11 is 1.65. The van der Waals surface area contributed by atoms with Gasteiger partial charge >= 0.3 is 12.0 Å². The largest absolute Gasteiger partial charge is 0.480 e. The number of carbonyl (C=O) groups excluding carboxylic acids is 1. The molecule has 2 atom stereocenters. The average molecular weight is 298 g/mol. The molecule has 6 heteroatoms. The summed E-state index contributed by atoms with van der Waals surface area (Å²) in [4.78, 5) is 25.9. The van der Waals surface area contributed by atoms with Crippen molar-refractivity contribution in [2.75, 3.05) is 7.05 Å². The number of urea groups is 1. The molecule has 5 nitrogen and oxygen atoms in total. The van der Waals surface area contributed by atoms with Gasteiger partial charge < -0.3 is 15.3 Å². The summed E-state index contributed by atoms with van der Waals surface area (Å²) in [5.41, 5.74) is 0. The maximum atomic E-state index is 12.1. The maximum absolute atomic E-state index is 12.1. The van der Waals surface area contributed by atoms with Crippen LogP contribution in [0.25, 0.3) is 0 Å². The Kier molecular flexibility index (Phi) is 6.51. The molecular formula is C14H22N2O3S. The highest BCUT2D eigenvalue weighted by atomic mass is 32.1. The number of likely N-dealkylation sites (N-methyl/N-ethyl adjacent to an activating group) is 1. The fraction of sp³-hybridized carbons (Fsp3) is 0.571. The molecule has 2 amide bonds. The van der Waals surface area contributed by atoms with Crippen molar-refractivity contribution in [1.29, 1.82) is 0 Å². The monoisotopic (exact) mass is 298 g/mol.